The topological polar surface area (TPSA) is 88.7 Å². The maximum atomic E-state index is 10.8. The lowest BCUT2D eigenvalue weighted by atomic mass is 10.2. The second kappa shape index (κ2) is 10.2. The van der Waals surface area contributed by atoms with Gasteiger partial charge in [0.2, 0.25) is 0 Å². The molecule has 1 aliphatic rings. The molecule has 1 fully saturated rings. The van der Waals surface area contributed by atoms with Crippen molar-refractivity contribution in [3.63, 3.8) is 0 Å². The summed E-state index contributed by atoms with van der Waals surface area (Å²) in [7, 11) is 0. The van der Waals surface area contributed by atoms with Gasteiger partial charge >= 0.3 is 0 Å². The van der Waals surface area contributed by atoms with E-state index >= 15 is 0 Å². The quantitative estimate of drug-likeness (QED) is 0.484. The van der Waals surface area contributed by atoms with Gasteiger partial charge in [-0.05, 0) is 50.1 Å². The average Bonchev–Trinajstić information content (AvgIpc) is 3.06. The number of thioether (sulfide) groups is 1. The highest BCUT2D eigenvalue weighted by molar-refractivity contribution is 7.99. The van der Waals surface area contributed by atoms with Crippen molar-refractivity contribution in [2.24, 2.45) is 10.7 Å². The number of ether oxygens (including phenoxy) is 1. The summed E-state index contributed by atoms with van der Waals surface area (Å²) >= 11 is 1.95. The molecule has 2 atom stereocenters. The highest BCUT2D eigenvalue weighted by Gasteiger charge is 2.24. The van der Waals surface area contributed by atoms with Crippen LogP contribution >= 0.6 is 11.8 Å². The Morgan fingerprint density at radius 3 is 2.96 bits per heavy atom. The highest BCUT2D eigenvalue weighted by atomic mass is 32.2. The van der Waals surface area contributed by atoms with Crippen molar-refractivity contribution in [3.8, 4) is 5.75 Å². The zero-order valence-corrected chi connectivity index (χ0v) is 15.8. The average molecular weight is 365 g/mol. The lowest BCUT2D eigenvalue weighted by Gasteiger charge is -2.17. The van der Waals surface area contributed by atoms with E-state index in [-0.39, 0.29) is 6.61 Å². The standard InChI is InChI=1S/C18H28N4O2S/c1-3-20-18(22-14-7-8-16(10-14)25-2)21-11-13-5-4-6-15(9-13)24-12-17(19)23/h4-6,9,14,16H,3,7-8,10-12H2,1-2H3,(H2,19,23)(H2,20,21,22). The smallest absolute Gasteiger partial charge is 0.255 e. The van der Waals surface area contributed by atoms with Crippen LogP contribution in [-0.2, 0) is 11.3 Å². The van der Waals surface area contributed by atoms with Crippen LogP contribution in [0.15, 0.2) is 29.3 Å². The zero-order chi connectivity index (χ0) is 18.1. The van der Waals surface area contributed by atoms with E-state index in [4.69, 9.17) is 10.5 Å². The predicted octanol–water partition coefficient (Wildman–Crippen LogP) is 1.89. The Morgan fingerprint density at radius 2 is 2.28 bits per heavy atom. The number of primary amides is 1. The van der Waals surface area contributed by atoms with Crippen molar-refractivity contribution in [1.29, 1.82) is 0 Å². The first kappa shape index (κ1) is 19.4. The summed E-state index contributed by atoms with van der Waals surface area (Å²) in [5, 5.41) is 7.60. The fourth-order valence-electron chi connectivity index (χ4n) is 2.86. The van der Waals surface area contributed by atoms with Gasteiger partial charge in [-0.25, -0.2) is 4.99 Å². The Labute approximate surface area is 154 Å². The van der Waals surface area contributed by atoms with Crippen molar-refractivity contribution in [2.45, 2.75) is 44.0 Å². The number of carbonyl (C=O) groups is 1. The third-order valence-electron chi connectivity index (χ3n) is 4.10. The van der Waals surface area contributed by atoms with E-state index in [0.29, 0.717) is 18.3 Å². The molecule has 6 nitrogen and oxygen atoms in total. The number of nitrogens with zero attached hydrogens (tertiary/aromatic N) is 1. The minimum atomic E-state index is -0.484. The van der Waals surface area contributed by atoms with Gasteiger partial charge in [0.1, 0.15) is 5.75 Å². The van der Waals surface area contributed by atoms with Crippen LogP contribution in [0.3, 0.4) is 0 Å². The number of hydrogen-bond donors (Lipinski definition) is 3. The summed E-state index contributed by atoms with van der Waals surface area (Å²) in [6.07, 6.45) is 5.81. The highest BCUT2D eigenvalue weighted by Crippen LogP contribution is 2.28. The summed E-state index contributed by atoms with van der Waals surface area (Å²) in [4.78, 5) is 15.5. The van der Waals surface area contributed by atoms with E-state index in [1.54, 1.807) is 6.07 Å². The molecule has 1 aliphatic carbocycles. The van der Waals surface area contributed by atoms with Gasteiger partial charge in [-0.1, -0.05) is 12.1 Å². The van der Waals surface area contributed by atoms with Gasteiger partial charge in [-0.15, -0.1) is 0 Å². The lowest BCUT2D eigenvalue weighted by Crippen LogP contribution is -2.42. The Morgan fingerprint density at radius 1 is 1.44 bits per heavy atom. The third kappa shape index (κ3) is 6.86. The Kier molecular flexibility index (Phi) is 7.91. The van der Waals surface area contributed by atoms with Crippen LogP contribution in [0.2, 0.25) is 0 Å². The number of guanidine groups is 1. The zero-order valence-electron chi connectivity index (χ0n) is 15.0. The number of benzene rings is 1. The molecule has 0 saturated heterocycles. The van der Waals surface area contributed by atoms with Crippen molar-refractivity contribution in [1.82, 2.24) is 10.6 Å². The molecular formula is C18H28N4O2S. The van der Waals surface area contributed by atoms with E-state index in [9.17, 15) is 4.79 Å². The second-order valence-corrected chi connectivity index (χ2v) is 7.25. The summed E-state index contributed by atoms with van der Waals surface area (Å²) in [5.41, 5.74) is 6.12. The molecular weight excluding hydrogens is 336 g/mol. The van der Waals surface area contributed by atoms with Crippen LogP contribution in [0.25, 0.3) is 0 Å². The summed E-state index contributed by atoms with van der Waals surface area (Å²) in [5.74, 6) is 0.989. The molecule has 0 heterocycles. The van der Waals surface area contributed by atoms with Crippen molar-refractivity contribution in [3.05, 3.63) is 29.8 Å². The van der Waals surface area contributed by atoms with Crippen molar-refractivity contribution >= 4 is 23.6 Å². The molecule has 0 bridgehead atoms. The van der Waals surface area contributed by atoms with Crippen LogP contribution < -0.4 is 21.1 Å². The lowest BCUT2D eigenvalue weighted by molar-refractivity contribution is -0.119. The normalized spacial score (nSPS) is 20.3. The molecule has 25 heavy (non-hydrogen) atoms. The molecule has 4 N–H and O–H groups in total. The van der Waals surface area contributed by atoms with Gasteiger partial charge in [0, 0.05) is 17.8 Å². The molecule has 2 unspecified atom stereocenters. The van der Waals surface area contributed by atoms with E-state index in [0.717, 1.165) is 23.3 Å². The van der Waals surface area contributed by atoms with Crippen LogP contribution in [0.5, 0.6) is 5.75 Å². The Hall–Kier alpha value is -1.89. The van der Waals surface area contributed by atoms with Crippen LogP contribution in [0.1, 0.15) is 31.7 Å². The molecule has 0 spiro atoms. The fourth-order valence-corrected chi connectivity index (χ4v) is 3.65. The molecule has 1 aromatic carbocycles. The van der Waals surface area contributed by atoms with Gasteiger partial charge in [0.15, 0.2) is 12.6 Å². The van der Waals surface area contributed by atoms with Gasteiger partial charge < -0.3 is 21.1 Å². The number of rotatable bonds is 8. The summed E-state index contributed by atoms with van der Waals surface area (Å²) < 4.78 is 5.34. The third-order valence-corrected chi connectivity index (χ3v) is 5.20. The largest absolute Gasteiger partial charge is 0.484 e. The summed E-state index contributed by atoms with van der Waals surface area (Å²) in [6.45, 7) is 3.32. The van der Waals surface area contributed by atoms with Crippen molar-refractivity contribution < 1.29 is 9.53 Å². The van der Waals surface area contributed by atoms with E-state index < -0.39 is 5.91 Å². The monoisotopic (exact) mass is 364 g/mol. The summed E-state index contributed by atoms with van der Waals surface area (Å²) in [6, 6.07) is 8.06. The molecule has 0 aliphatic heterocycles. The van der Waals surface area contributed by atoms with E-state index in [2.05, 4.69) is 28.8 Å². The van der Waals surface area contributed by atoms with Gasteiger partial charge in [0.25, 0.3) is 5.91 Å². The Balaban J connectivity index is 1.93. The van der Waals surface area contributed by atoms with Gasteiger partial charge in [-0.2, -0.15) is 11.8 Å². The minimum Gasteiger partial charge on any atom is -0.484 e. The predicted molar refractivity (Wildman–Crippen MR) is 104 cm³/mol. The maximum absolute atomic E-state index is 10.8. The van der Waals surface area contributed by atoms with Crippen LogP contribution in [-0.4, -0.2) is 42.6 Å². The molecule has 0 aromatic heterocycles. The van der Waals surface area contributed by atoms with E-state index in [1.807, 2.05) is 30.0 Å². The number of hydrogen-bond acceptors (Lipinski definition) is 4. The molecule has 7 heteroatoms. The first-order valence-electron chi connectivity index (χ1n) is 8.68. The number of nitrogens with two attached hydrogens (primary N) is 1. The molecule has 1 aromatic rings. The number of amides is 1. The molecule has 1 amide bonds. The van der Waals surface area contributed by atoms with Crippen LogP contribution in [0, 0.1) is 0 Å². The minimum absolute atomic E-state index is 0.116. The van der Waals surface area contributed by atoms with Crippen molar-refractivity contribution in [2.75, 3.05) is 19.4 Å². The molecule has 0 radical (unpaired) electrons. The van der Waals surface area contributed by atoms with E-state index in [1.165, 1.54) is 19.3 Å². The van der Waals surface area contributed by atoms with Gasteiger partial charge in [0.05, 0.1) is 6.54 Å². The first-order chi connectivity index (χ1) is 12.1. The fraction of sp³-hybridized carbons (Fsp3) is 0.556. The second-order valence-electron chi connectivity index (χ2n) is 6.11. The van der Waals surface area contributed by atoms with Gasteiger partial charge in [-0.3, -0.25) is 4.79 Å². The molecule has 2 rings (SSSR count). The molecule has 138 valence electrons. The number of aliphatic imine (C=N–C) groups is 1. The van der Waals surface area contributed by atoms with Crippen LogP contribution in [0.4, 0.5) is 0 Å². The number of carbonyl (C=O) groups excluding carboxylic acids is 1. The molecule has 1 saturated carbocycles. The maximum Gasteiger partial charge on any atom is 0.255 e. The number of nitrogens with one attached hydrogen (secondary N) is 2. The Bertz CT molecular complexity index is 594. The first-order valence-corrected chi connectivity index (χ1v) is 9.97. The SMILES string of the molecule is CCNC(=NCc1cccc(OCC(N)=O)c1)NC1CCC(SC)C1.